The molecule has 4 aromatic rings. The molecular weight excluding hydrogens is 519 g/mol. The minimum absolute atomic E-state index is 0. The van der Waals surface area contributed by atoms with Gasteiger partial charge in [-0.3, -0.25) is 10.1 Å². The van der Waals surface area contributed by atoms with Crippen LogP contribution in [0.25, 0.3) is 17.3 Å². The average molecular weight is 546 g/mol. The molecule has 0 radical (unpaired) electrons. The summed E-state index contributed by atoms with van der Waals surface area (Å²) in [5.74, 6) is 2.73. The van der Waals surface area contributed by atoms with Gasteiger partial charge >= 0.3 is 0 Å². The van der Waals surface area contributed by atoms with Crippen LogP contribution in [0.1, 0.15) is 31.3 Å². The number of aromatic nitrogens is 5. The standard InChI is InChI=1S/C22H26N8O.HI/c1-3-23-22(24-12-10-20-27-21(29-28-20)19-9-5-14-31-19)26-16(2)17-7-4-8-18(15-17)30-13-6-11-25-30;/h4-9,11,13-16H,3,10,12H2,1-2H3,(H2,23,24,26)(H,27,28,29);1H. The van der Waals surface area contributed by atoms with Gasteiger partial charge in [0.05, 0.1) is 18.0 Å². The number of guanidine groups is 1. The van der Waals surface area contributed by atoms with Crippen LogP contribution in [0.2, 0.25) is 0 Å². The van der Waals surface area contributed by atoms with Crippen molar-refractivity contribution < 1.29 is 4.42 Å². The number of benzene rings is 1. The zero-order valence-electron chi connectivity index (χ0n) is 18.0. The summed E-state index contributed by atoms with van der Waals surface area (Å²) >= 11 is 0. The Hall–Kier alpha value is -3.15. The van der Waals surface area contributed by atoms with E-state index in [0.717, 1.165) is 29.6 Å². The molecular formula is C22H27IN8O. The third-order valence-corrected chi connectivity index (χ3v) is 4.73. The molecule has 10 heteroatoms. The maximum atomic E-state index is 5.33. The van der Waals surface area contributed by atoms with Gasteiger partial charge in [0.25, 0.3) is 0 Å². The van der Waals surface area contributed by atoms with Crippen LogP contribution < -0.4 is 10.6 Å². The van der Waals surface area contributed by atoms with Gasteiger partial charge in [0.15, 0.2) is 11.7 Å². The van der Waals surface area contributed by atoms with Crippen LogP contribution in [-0.4, -0.2) is 44.0 Å². The fourth-order valence-electron chi connectivity index (χ4n) is 3.16. The van der Waals surface area contributed by atoms with Crippen molar-refractivity contribution in [1.29, 1.82) is 0 Å². The van der Waals surface area contributed by atoms with Gasteiger partial charge < -0.3 is 15.1 Å². The lowest BCUT2D eigenvalue weighted by atomic mass is 10.1. The number of rotatable bonds is 8. The largest absolute Gasteiger partial charge is 0.461 e. The molecule has 1 unspecified atom stereocenters. The van der Waals surface area contributed by atoms with E-state index in [4.69, 9.17) is 4.42 Å². The lowest BCUT2D eigenvalue weighted by Crippen LogP contribution is -2.39. The molecule has 0 aliphatic heterocycles. The quantitative estimate of drug-likeness (QED) is 0.177. The van der Waals surface area contributed by atoms with Crippen LogP contribution in [0.3, 0.4) is 0 Å². The smallest absolute Gasteiger partial charge is 0.216 e. The summed E-state index contributed by atoms with van der Waals surface area (Å²) in [6.45, 7) is 5.51. The first kappa shape index (κ1) is 23.5. The fourth-order valence-corrected chi connectivity index (χ4v) is 3.16. The second-order valence-corrected chi connectivity index (χ2v) is 7.01. The van der Waals surface area contributed by atoms with E-state index in [2.05, 4.69) is 55.0 Å². The Bertz CT molecular complexity index is 1100. The molecule has 4 rings (SSSR count). The van der Waals surface area contributed by atoms with E-state index in [-0.39, 0.29) is 30.0 Å². The molecule has 0 aliphatic rings. The van der Waals surface area contributed by atoms with Crippen molar-refractivity contribution in [2.24, 2.45) is 4.99 Å². The number of nitrogens with one attached hydrogen (secondary N) is 3. The number of hydrogen-bond acceptors (Lipinski definition) is 5. The molecule has 3 N–H and O–H groups in total. The summed E-state index contributed by atoms with van der Waals surface area (Å²) in [4.78, 5) is 9.14. The Kier molecular flexibility index (Phi) is 8.42. The SMILES string of the molecule is CCNC(=NCCc1nc(-c2ccco2)n[nH]1)NC(C)c1cccc(-n2cccn2)c1.I. The molecule has 0 spiro atoms. The van der Waals surface area contributed by atoms with Gasteiger partial charge in [0, 0.05) is 31.9 Å². The van der Waals surface area contributed by atoms with Crippen molar-refractivity contribution in [3.63, 3.8) is 0 Å². The molecule has 1 atom stereocenters. The van der Waals surface area contributed by atoms with Gasteiger partial charge in [0.2, 0.25) is 5.82 Å². The highest BCUT2D eigenvalue weighted by Gasteiger charge is 2.10. The van der Waals surface area contributed by atoms with E-state index in [9.17, 15) is 0 Å². The van der Waals surface area contributed by atoms with Crippen LogP contribution in [0, 0.1) is 0 Å². The third-order valence-electron chi connectivity index (χ3n) is 4.73. The van der Waals surface area contributed by atoms with Crippen LogP contribution >= 0.6 is 24.0 Å². The fraction of sp³-hybridized carbons (Fsp3) is 0.273. The monoisotopic (exact) mass is 546 g/mol. The second-order valence-electron chi connectivity index (χ2n) is 7.01. The van der Waals surface area contributed by atoms with Crippen LogP contribution in [-0.2, 0) is 6.42 Å². The zero-order chi connectivity index (χ0) is 21.5. The van der Waals surface area contributed by atoms with Crippen molar-refractivity contribution in [1.82, 2.24) is 35.6 Å². The topological polar surface area (TPSA) is 109 Å². The minimum Gasteiger partial charge on any atom is -0.461 e. The molecule has 32 heavy (non-hydrogen) atoms. The van der Waals surface area contributed by atoms with E-state index in [0.29, 0.717) is 24.6 Å². The Morgan fingerprint density at radius 1 is 1.25 bits per heavy atom. The molecule has 0 saturated carbocycles. The predicted octanol–water partition coefficient (Wildman–Crippen LogP) is 3.73. The maximum absolute atomic E-state index is 5.33. The van der Waals surface area contributed by atoms with E-state index >= 15 is 0 Å². The van der Waals surface area contributed by atoms with Crippen molar-refractivity contribution in [3.8, 4) is 17.3 Å². The van der Waals surface area contributed by atoms with Gasteiger partial charge in [-0.25, -0.2) is 9.67 Å². The van der Waals surface area contributed by atoms with Gasteiger partial charge in [-0.1, -0.05) is 12.1 Å². The molecule has 1 aromatic carbocycles. The Balaban J connectivity index is 0.00000289. The number of aromatic amines is 1. The van der Waals surface area contributed by atoms with Crippen molar-refractivity contribution in [2.75, 3.05) is 13.1 Å². The average Bonchev–Trinajstić information content (AvgIpc) is 3.56. The van der Waals surface area contributed by atoms with E-state index in [1.807, 2.05) is 48.1 Å². The van der Waals surface area contributed by atoms with E-state index in [1.165, 1.54) is 0 Å². The highest BCUT2D eigenvalue weighted by atomic mass is 127. The first-order chi connectivity index (χ1) is 15.2. The van der Waals surface area contributed by atoms with Crippen molar-refractivity contribution in [2.45, 2.75) is 26.3 Å². The third kappa shape index (κ3) is 5.96. The molecule has 168 valence electrons. The van der Waals surface area contributed by atoms with Crippen LogP contribution in [0.4, 0.5) is 0 Å². The maximum Gasteiger partial charge on any atom is 0.216 e. The highest BCUT2D eigenvalue weighted by molar-refractivity contribution is 14.0. The van der Waals surface area contributed by atoms with E-state index in [1.54, 1.807) is 12.5 Å². The molecule has 0 saturated heterocycles. The van der Waals surface area contributed by atoms with Crippen molar-refractivity contribution >= 4 is 29.9 Å². The van der Waals surface area contributed by atoms with Crippen molar-refractivity contribution in [3.05, 3.63) is 72.5 Å². The summed E-state index contributed by atoms with van der Waals surface area (Å²) in [5.41, 5.74) is 2.17. The summed E-state index contributed by atoms with van der Waals surface area (Å²) in [7, 11) is 0. The van der Waals surface area contributed by atoms with Gasteiger partial charge in [-0.05, 0) is 49.7 Å². The molecule has 0 fully saturated rings. The predicted molar refractivity (Wildman–Crippen MR) is 134 cm³/mol. The van der Waals surface area contributed by atoms with Crippen LogP contribution in [0.15, 0.2) is 70.5 Å². The minimum atomic E-state index is 0. The molecule has 0 amide bonds. The number of aliphatic imine (C=N–C) groups is 1. The summed E-state index contributed by atoms with van der Waals surface area (Å²) in [6.07, 6.45) is 5.96. The Morgan fingerprint density at radius 2 is 2.16 bits per heavy atom. The second kappa shape index (κ2) is 11.5. The van der Waals surface area contributed by atoms with Gasteiger partial charge in [-0.15, -0.1) is 24.0 Å². The number of halogens is 1. The number of furan rings is 1. The molecule has 3 heterocycles. The highest BCUT2D eigenvalue weighted by Crippen LogP contribution is 2.17. The van der Waals surface area contributed by atoms with Crippen LogP contribution in [0.5, 0.6) is 0 Å². The molecule has 9 nitrogen and oxygen atoms in total. The molecule has 0 bridgehead atoms. The zero-order valence-corrected chi connectivity index (χ0v) is 20.4. The first-order valence-electron chi connectivity index (χ1n) is 10.3. The molecule has 0 aliphatic carbocycles. The number of hydrogen-bond donors (Lipinski definition) is 3. The number of H-pyrrole nitrogens is 1. The summed E-state index contributed by atoms with van der Waals surface area (Å²) in [5, 5.41) is 18.2. The molecule has 3 aromatic heterocycles. The van der Waals surface area contributed by atoms with Gasteiger partial charge in [-0.2, -0.15) is 10.2 Å². The number of nitrogens with zero attached hydrogens (tertiary/aromatic N) is 5. The normalized spacial score (nSPS) is 12.2. The Labute approximate surface area is 203 Å². The lowest BCUT2D eigenvalue weighted by molar-refractivity contribution is 0.577. The van der Waals surface area contributed by atoms with E-state index < -0.39 is 0 Å². The van der Waals surface area contributed by atoms with Gasteiger partial charge in [0.1, 0.15) is 5.82 Å². The Morgan fingerprint density at radius 3 is 2.91 bits per heavy atom. The first-order valence-corrected chi connectivity index (χ1v) is 10.3. The lowest BCUT2D eigenvalue weighted by Gasteiger charge is -2.19. The summed E-state index contributed by atoms with van der Waals surface area (Å²) < 4.78 is 7.18. The summed E-state index contributed by atoms with van der Waals surface area (Å²) in [6, 6.07) is 13.9.